The van der Waals surface area contributed by atoms with Gasteiger partial charge in [0.05, 0.1) is 18.3 Å². The SMILES string of the molecule is CCOc1ccccc1NC(=O)N[C@H](C)c1c(-n2cccc2)sc(C)c1C. The monoisotopic (exact) mass is 383 g/mol. The van der Waals surface area contributed by atoms with Crippen molar-refractivity contribution >= 4 is 23.1 Å². The number of nitrogens with one attached hydrogen (secondary N) is 2. The number of thiophene rings is 1. The van der Waals surface area contributed by atoms with Gasteiger partial charge in [0.15, 0.2) is 0 Å². The van der Waals surface area contributed by atoms with Crippen LogP contribution in [0, 0.1) is 13.8 Å². The normalized spacial score (nSPS) is 11.9. The Bertz CT molecular complexity index is 916. The van der Waals surface area contributed by atoms with E-state index in [2.05, 4.69) is 29.0 Å². The number of nitrogens with zero attached hydrogens (tertiary/aromatic N) is 1. The molecule has 2 aromatic heterocycles. The van der Waals surface area contributed by atoms with Crippen LogP contribution in [0.5, 0.6) is 5.75 Å². The van der Waals surface area contributed by atoms with Gasteiger partial charge in [0.25, 0.3) is 0 Å². The predicted octanol–water partition coefficient (Wildman–Crippen LogP) is 5.44. The first kappa shape index (κ1) is 19.0. The summed E-state index contributed by atoms with van der Waals surface area (Å²) in [6.07, 6.45) is 4.05. The third-order valence-corrected chi connectivity index (χ3v) is 5.70. The highest BCUT2D eigenvalue weighted by Crippen LogP contribution is 2.35. The molecule has 0 spiro atoms. The van der Waals surface area contributed by atoms with Gasteiger partial charge >= 0.3 is 6.03 Å². The number of rotatable bonds is 6. The standard InChI is InChI=1S/C21H25N3O2S/c1-5-26-18-11-7-6-10-17(18)23-21(25)22-15(3)19-14(2)16(4)27-20(19)24-12-8-9-13-24/h6-13,15H,5H2,1-4H3,(H2,22,23,25)/t15-/m1/s1. The molecule has 0 fully saturated rings. The molecule has 0 aliphatic heterocycles. The van der Waals surface area contributed by atoms with Crippen molar-refractivity contribution < 1.29 is 9.53 Å². The molecule has 3 rings (SSSR count). The third kappa shape index (κ3) is 4.17. The van der Waals surface area contributed by atoms with E-state index in [9.17, 15) is 4.79 Å². The van der Waals surface area contributed by atoms with Gasteiger partial charge in [-0.25, -0.2) is 4.79 Å². The number of hydrogen-bond donors (Lipinski definition) is 2. The minimum Gasteiger partial charge on any atom is -0.492 e. The van der Waals surface area contributed by atoms with E-state index in [1.807, 2.05) is 62.6 Å². The van der Waals surface area contributed by atoms with Gasteiger partial charge in [-0.15, -0.1) is 11.3 Å². The molecule has 27 heavy (non-hydrogen) atoms. The van der Waals surface area contributed by atoms with E-state index >= 15 is 0 Å². The van der Waals surface area contributed by atoms with Gasteiger partial charge in [-0.2, -0.15) is 0 Å². The largest absolute Gasteiger partial charge is 0.492 e. The molecule has 0 radical (unpaired) electrons. The summed E-state index contributed by atoms with van der Waals surface area (Å²) in [7, 11) is 0. The lowest BCUT2D eigenvalue weighted by atomic mass is 10.1. The lowest BCUT2D eigenvalue weighted by molar-refractivity contribution is 0.249. The van der Waals surface area contributed by atoms with Crippen LogP contribution in [0.4, 0.5) is 10.5 Å². The molecule has 1 aromatic carbocycles. The number of urea groups is 1. The van der Waals surface area contributed by atoms with Crippen LogP contribution in [0.25, 0.3) is 5.00 Å². The number of anilines is 1. The maximum atomic E-state index is 12.6. The highest BCUT2D eigenvalue weighted by molar-refractivity contribution is 7.14. The average molecular weight is 384 g/mol. The molecular weight excluding hydrogens is 358 g/mol. The Morgan fingerprint density at radius 2 is 1.89 bits per heavy atom. The lowest BCUT2D eigenvalue weighted by Crippen LogP contribution is -2.31. The van der Waals surface area contributed by atoms with E-state index in [1.54, 1.807) is 11.3 Å². The number of hydrogen-bond acceptors (Lipinski definition) is 3. The predicted molar refractivity (Wildman–Crippen MR) is 111 cm³/mol. The fraction of sp³-hybridized carbons (Fsp3) is 0.286. The molecule has 0 bridgehead atoms. The van der Waals surface area contributed by atoms with Crippen molar-refractivity contribution in [3.05, 3.63) is 64.8 Å². The number of amides is 2. The number of carbonyl (C=O) groups is 1. The van der Waals surface area contributed by atoms with Gasteiger partial charge in [0, 0.05) is 22.8 Å². The Kier molecular flexibility index (Phi) is 5.86. The van der Waals surface area contributed by atoms with Crippen molar-refractivity contribution in [3.8, 4) is 10.8 Å². The highest BCUT2D eigenvalue weighted by atomic mass is 32.1. The molecular formula is C21H25N3O2S. The molecule has 2 amide bonds. The topological polar surface area (TPSA) is 55.3 Å². The minimum absolute atomic E-state index is 0.133. The van der Waals surface area contributed by atoms with E-state index < -0.39 is 0 Å². The summed E-state index contributed by atoms with van der Waals surface area (Å²) in [4.78, 5) is 13.8. The Labute approximate surface area is 164 Å². The van der Waals surface area contributed by atoms with Gasteiger partial charge in [0.1, 0.15) is 10.8 Å². The summed E-state index contributed by atoms with van der Waals surface area (Å²) >= 11 is 1.74. The van der Waals surface area contributed by atoms with E-state index in [0.717, 1.165) is 10.6 Å². The number of aryl methyl sites for hydroxylation is 1. The molecule has 3 aromatic rings. The van der Waals surface area contributed by atoms with E-state index in [1.165, 1.54) is 10.4 Å². The molecule has 2 N–H and O–H groups in total. The summed E-state index contributed by atoms with van der Waals surface area (Å²) in [6.45, 7) is 8.69. The molecule has 0 saturated carbocycles. The van der Waals surface area contributed by atoms with Crippen molar-refractivity contribution in [2.45, 2.75) is 33.7 Å². The van der Waals surface area contributed by atoms with Crippen molar-refractivity contribution in [1.82, 2.24) is 9.88 Å². The van der Waals surface area contributed by atoms with E-state index in [0.29, 0.717) is 18.0 Å². The highest BCUT2D eigenvalue weighted by Gasteiger charge is 2.21. The maximum Gasteiger partial charge on any atom is 0.319 e. The van der Waals surface area contributed by atoms with Crippen LogP contribution < -0.4 is 15.4 Å². The zero-order valence-corrected chi connectivity index (χ0v) is 16.9. The second-order valence-electron chi connectivity index (χ2n) is 6.34. The number of benzene rings is 1. The number of carbonyl (C=O) groups excluding carboxylic acids is 1. The Morgan fingerprint density at radius 3 is 2.59 bits per heavy atom. The second kappa shape index (κ2) is 8.31. The molecule has 6 heteroatoms. The zero-order valence-electron chi connectivity index (χ0n) is 16.1. The van der Waals surface area contributed by atoms with Crippen LogP contribution in [0.2, 0.25) is 0 Å². The molecule has 142 valence electrons. The molecule has 1 atom stereocenters. The van der Waals surface area contributed by atoms with Gasteiger partial charge in [0.2, 0.25) is 0 Å². The van der Waals surface area contributed by atoms with E-state index in [-0.39, 0.29) is 12.1 Å². The summed E-state index contributed by atoms with van der Waals surface area (Å²) in [5, 5.41) is 7.09. The minimum atomic E-state index is -0.253. The molecule has 5 nitrogen and oxygen atoms in total. The quantitative estimate of drug-likeness (QED) is 0.596. The molecule has 0 aliphatic carbocycles. The van der Waals surface area contributed by atoms with Crippen LogP contribution in [0.1, 0.15) is 35.9 Å². The van der Waals surface area contributed by atoms with Crippen molar-refractivity contribution in [1.29, 1.82) is 0 Å². The first-order chi connectivity index (χ1) is 13.0. The van der Waals surface area contributed by atoms with E-state index in [4.69, 9.17) is 4.74 Å². The maximum absolute atomic E-state index is 12.6. The van der Waals surface area contributed by atoms with Gasteiger partial charge in [-0.05, 0) is 57.5 Å². The van der Waals surface area contributed by atoms with Crippen LogP contribution in [0.3, 0.4) is 0 Å². The average Bonchev–Trinajstić information content (AvgIpc) is 3.26. The van der Waals surface area contributed by atoms with Crippen molar-refractivity contribution in [2.24, 2.45) is 0 Å². The Morgan fingerprint density at radius 1 is 1.19 bits per heavy atom. The van der Waals surface area contributed by atoms with Crippen LogP contribution in [-0.4, -0.2) is 17.2 Å². The van der Waals surface area contributed by atoms with Crippen molar-refractivity contribution in [3.63, 3.8) is 0 Å². The number of aromatic nitrogens is 1. The van der Waals surface area contributed by atoms with Gasteiger partial charge in [-0.1, -0.05) is 12.1 Å². The van der Waals surface area contributed by atoms with Crippen molar-refractivity contribution in [2.75, 3.05) is 11.9 Å². The first-order valence-electron chi connectivity index (χ1n) is 9.03. The lowest BCUT2D eigenvalue weighted by Gasteiger charge is -2.18. The molecule has 0 aliphatic rings. The molecule has 0 saturated heterocycles. The van der Waals surface area contributed by atoms with Crippen LogP contribution in [-0.2, 0) is 0 Å². The second-order valence-corrected chi connectivity index (χ2v) is 7.54. The molecule has 0 unspecified atom stereocenters. The summed E-state index contributed by atoms with van der Waals surface area (Å²) in [5.41, 5.74) is 3.01. The fourth-order valence-corrected chi connectivity index (χ4v) is 4.30. The summed E-state index contributed by atoms with van der Waals surface area (Å²) < 4.78 is 7.67. The molecule has 2 heterocycles. The van der Waals surface area contributed by atoms with Crippen LogP contribution in [0.15, 0.2) is 48.8 Å². The zero-order chi connectivity index (χ0) is 19.4. The Balaban J connectivity index is 1.78. The summed E-state index contributed by atoms with van der Waals surface area (Å²) in [6, 6.07) is 11.1. The number of ether oxygens (including phenoxy) is 1. The summed E-state index contributed by atoms with van der Waals surface area (Å²) in [5.74, 6) is 0.665. The Hall–Kier alpha value is -2.73. The number of para-hydroxylation sites is 2. The van der Waals surface area contributed by atoms with Gasteiger partial charge in [-0.3, -0.25) is 0 Å². The first-order valence-corrected chi connectivity index (χ1v) is 9.85. The third-order valence-electron chi connectivity index (χ3n) is 4.47. The fourth-order valence-electron chi connectivity index (χ4n) is 3.08. The van der Waals surface area contributed by atoms with Crippen LogP contribution >= 0.6 is 11.3 Å². The smallest absolute Gasteiger partial charge is 0.319 e. The van der Waals surface area contributed by atoms with Gasteiger partial charge < -0.3 is 19.9 Å².